The fraction of sp³-hybridized carbons (Fsp3) is 0.455. The zero-order valence-electron chi connectivity index (χ0n) is 27.2. The molecule has 1 atom stereocenters. The molecule has 2 aromatic carbocycles. The monoisotopic (exact) mass is 370 g/mol. The van der Waals surface area contributed by atoms with Gasteiger partial charge in [0, 0.05) is 8.22 Å². The second-order valence-corrected chi connectivity index (χ2v) is 5.28. The average molecular weight is 371 g/mol. The van der Waals surface area contributed by atoms with Gasteiger partial charge >= 0.3 is 0 Å². The predicted molar refractivity (Wildman–Crippen MR) is 105 cm³/mol. The zero-order chi connectivity index (χ0) is 29.5. The third kappa shape index (κ3) is 5.95. The number of rotatable bonds is 10. The highest BCUT2D eigenvalue weighted by molar-refractivity contribution is 5.42. The summed E-state index contributed by atoms with van der Waals surface area (Å²) in [5, 5.41) is 10.5. The topological polar surface area (TPSA) is 47.9 Å². The zero-order valence-corrected chi connectivity index (χ0v) is 15.2. The van der Waals surface area contributed by atoms with E-state index in [9.17, 15) is 5.11 Å². The third-order valence-electron chi connectivity index (χ3n) is 3.41. The molecule has 0 amide bonds. The quantitative estimate of drug-likeness (QED) is 0.670. The first kappa shape index (κ1) is 9.14. The fourth-order valence-corrected chi connectivity index (χ4v) is 1.86. The van der Waals surface area contributed by atoms with Crippen molar-refractivity contribution in [2.24, 2.45) is 0 Å². The molecule has 1 N–H and O–H groups in total. The standard InChI is InChI=1S/C22H30O4/c1-16-9-11-20(13-17(16)2)26-15-19(23)8-6-5-7-18-10-12-21(24-3)22(14-18)25-4/h9-14,19,23H,5-8,15H2,1-4H3/i5D2,7D2,8D2,9D,10D,11D,12D,13D,14D. The molecular formula is C22H30O4. The van der Waals surface area contributed by atoms with E-state index in [4.69, 9.17) is 30.7 Å². The van der Waals surface area contributed by atoms with Crippen LogP contribution in [0.3, 0.4) is 0 Å². The largest absolute Gasteiger partial charge is 0.493 e. The molecule has 4 heteroatoms. The number of benzene rings is 2. The summed E-state index contributed by atoms with van der Waals surface area (Å²) >= 11 is 0. The van der Waals surface area contributed by atoms with Gasteiger partial charge in [-0.05, 0) is 73.8 Å². The molecule has 2 rings (SSSR count). The van der Waals surface area contributed by atoms with E-state index in [1.807, 2.05) is 0 Å². The van der Waals surface area contributed by atoms with Gasteiger partial charge in [-0.2, -0.15) is 0 Å². The van der Waals surface area contributed by atoms with Crippen molar-refractivity contribution in [3.05, 3.63) is 52.9 Å². The molecule has 2 aromatic rings. The van der Waals surface area contributed by atoms with E-state index in [1.54, 1.807) is 13.8 Å². The summed E-state index contributed by atoms with van der Waals surface area (Å²) in [4.78, 5) is 0. The van der Waals surface area contributed by atoms with Crippen LogP contribution < -0.4 is 14.2 Å². The minimum Gasteiger partial charge on any atom is -0.493 e. The van der Waals surface area contributed by atoms with Crippen molar-refractivity contribution in [1.82, 2.24) is 0 Å². The smallest absolute Gasteiger partial charge is 0.160 e. The average Bonchev–Trinajstić information content (AvgIpc) is 2.82. The van der Waals surface area contributed by atoms with Crippen molar-refractivity contribution in [3.8, 4) is 17.2 Å². The van der Waals surface area contributed by atoms with E-state index in [2.05, 4.69) is 0 Å². The van der Waals surface area contributed by atoms with Crippen LogP contribution in [0, 0.1) is 13.8 Å². The molecule has 0 aliphatic heterocycles. The Balaban J connectivity index is 2.40. The third-order valence-corrected chi connectivity index (χ3v) is 3.41. The van der Waals surface area contributed by atoms with Crippen LogP contribution in [0.2, 0.25) is 0 Å². The van der Waals surface area contributed by atoms with Crippen molar-refractivity contribution in [2.75, 3.05) is 20.8 Å². The van der Waals surface area contributed by atoms with Gasteiger partial charge in [-0.15, -0.1) is 0 Å². The molecule has 0 spiro atoms. The first-order valence-corrected chi connectivity index (χ1v) is 7.88. The van der Waals surface area contributed by atoms with Crippen LogP contribution in [-0.2, 0) is 6.37 Å². The van der Waals surface area contributed by atoms with Gasteiger partial charge in [0.25, 0.3) is 0 Å². The van der Waals surface area contributed by atoms with Crippen LogP contribution in [0.5, 0.6) is 17.2 Å². The number of aliphatic hydroxyl groups excluding tert-OH is 1. The van der Waals surface area contributed by atoms with Crippen LogP contribution in [0.25, 0.3) is 0 Å². The Bertz CT molecular complexity index is 1190. The van der Waals surface area contributed by atoms with E-state index in [0.29, 0.717) is 11.1 Å². The van der Waals surface area contributed by atoms with Crippen LogP contribution in [-0.4, -0.2) is 32.0 Å². The van der Waals surface area contributed by atoms with E-state index in [0.717, 1.165) is 14.2 Å². The second-order valence-electron chi connectivity index (χ2n) is 5.28. The summed E-state index contributed by atoms with van der Waals surface area (Å²) < 4.78 is 114. The van der Waals surface area contributed by atoms with Gasteiger partial charge in [-0.1, -0.05) is 18.5 Å². The minimum absolute atomic E-state index is 0.198. The molecular weight excluding hydrogens is 328 g/mol. The highest BCUT2D eigenvalue weighted by Crippen LogP contribution is 2.28. The van der Waals surface area contributed by atoms with E-state index < -0.39 is 68.0 Å². The number of ether oxygens (including phenoxy) is 3. The van der Waals surface area contributed by atoms with Gasteiger partial charge in [-0.3, -0.25) is 0 Å². The molecule has 26 heavy (non-hydrogen) atoms. The van der Waals surface area contributed by atoms with Crippen LogP contribution in [0.4, 0.5) is 0 Å². The van der Waals surface area contributed by atoms with E-state index in [1.165, 1.54) is 0 Å². The lowest BCUT2D eigenvalue weighted by molar-refractivity contribution is 0.0976. The van der Waals surface area contributed by atoms with Crippen molar-refractivity contribution in [1.29, 1.82) is 0 Å². The molecule has 0 heterocycles. The predicted octanol–water partition coefficient (Wildman–Crippen LogP) is 4.47. The highest BCUT2D eigenvalue weighted by atomic mass is 16.5. The maximum absolute atomic E-state index is 10.5. The Morgan fingerprint density at radius 1 is 1.04 bits per heavy atom. The minimum atomic E-state index is -3.19. The summed E-state index contributed by atoms with van der Waals surface area (Å²) in [6.07, 6.45) is -12.4. The number of hydrogen-bond acceptors (Lipinski definition) is 4. The number of methoxy groups -OCH3 is 2. The van der Waals surface area contributed by atoms with Crippen LogP contribution >= 0.6 is 0 Å². The Morgan fingerprint density at radius 3 is 2.54 bits per heavy atom. The molecule has 142 valence electrons. The normalized spacial score (nSPS) is 20.2. The van der Waals surface area contributed by atoms with Crippen molar-refractivity contribution in [2.45, 2.75) is 45.5 Å². The van der Waals surface area contributed by atoms with Crippen LogP contribution in [0.1, 0.15) is 52.3 Å². The summed E-state index contributed by atoms with van der Waals surface area (Å²) in [6, 6.07) is -3.06. The first-order chi connectivity index (χ1) is 17.3. The first-order valence-electron chi connectivity index (χ1n) is 13.9. The van der Waals surface area contributed by atoms with E-state index in [-0.39, 0.29) is 29.3 Å². The molecule has 0 fully saturated rings. The molecule has 0 bridgehead atoms. The molecule has 0 aliphatic carbocycles. The lowest BCUT2D eigenvalue weighted by Gasteiger charge is -2.13. The summed E-state index contributed by atoms with van der Waals surface area (Å²) in [5.41, 5.74) is -0.0845. The molecule has 0 saturated heterocycles. The second kappa shape index (κ2) is 10.1. The maximum Gasteiger partial charge on any atom is 0.160 e. The fourth-order valence-electron chi connectivity index (χ4n) is 1.86. The highest BCUT2D eigenvalue weighted by Gasteiger charge is 2.07. The van der Waals surface area contributed by atoms with Gasteiger partial charge < -0.3 is 19.3 Å². The van der Waals surface area contributed by atoms with E-state index >= 15 is 0 Å². The molecule has 0 aromatic heterocycles. The Labute approximate surface area is 173 Å². The Hall–Kier alpha value is -2.20. The van der Waals surface area contributed by atoms with Crippen LogP contribution in [0.15, 0.2) is 36.3 Å². The molecule has 0 radical (unpaired) electrons. The van der Waals surface area contributed by atoms with Gasteiger partial charge in [0.05, 0.1) is 28.5 Å². The lowest BCUT2D eigenvalue weighted by Crippen LogP contribution is -2.17. The van der Waals surface area contributed by atoms with Gasteiger partial charge in [0.2, 0.25) is 0 Å². The Morgan fingerprint density at radius 2 is 1.81 bits per heavy atom. The summed E-state index contributed by atoms with van der Waals surface area (Å²) in [5.74, 6) is -1.05. The molecule has 4 nitrogen and oxygen atoms in total. The van der Waals surface area contributed by atoms with Gasteiger partial charge in [0.15, 0.2) is 11.5 Å². The lowest BCUT2D eigenvalue weighted by atomic mass is 10.0. The maximum atomic E-state index is 10.5. The number of hydrogen-bond donors (Lipinski definition) is 1. The number of aliphatic hydroxyl groups is 1. The molecule has 0 saturated carbocycles. The molecule has 0 aliphatic rings. The Kier molecular flexibility index (Phi) is 3.54. The van der Waals surface area contributed by atoms with Gasteiger partial charge in [-0.25, -0.2) is 0 Å². The van der Waals surface area contributed by atoms with Crippen molar-refractivity contribution < 1.29 is 35.8 Å². The van der Waals surface area contributed by atoms with Crippen molar-refractivity contribution >= 4 is 0 Å². The summed E-state index contributed by atoms with van der Waals surface area (Å²) in [6.45, 7) is 2.28. The van der Waals surface area contributed by atoms with Gasteiger partial charge in [0.1, 0.15) is 12.4 Å². The molecule has 1 unspecified atom stereocenters. The SMILES string of the molecule is [2H]c1c([2H])c(OCC(O)C([2H])([2H])CC([2H])([2H])C([2H])([2H])c2c([2H])c([2H])c(OC)c(OC)c2[2H])c([2H])c(C)c1C. The summed E-state index contributed by atoms with van der Waals surface area (Å²) in [7, 11) is 2.29. The van der Waals surface area contributed by atoms with Crippen molar-refractivity contribution in [3.63, 3.8) is 0 Å².